The summed E-state index contributed by atoms with van der Waals surface area (Å²) in [6, 6.07) is 0. The van der Waals surface area contributed by atoms with Crippen LogP contribution in [0.4, 0.5) is 5.13 Å². The monoisotopic (exact) mass is 265 g/mol. The highest BCUT2D eigenvalue weighted by molar-refractivity contribution is 7.15. The van der Waals surface area contributed by atoms with E-state index in [2.05, 4.69) is 15.5 Å². The normalized spacial score (nSPS) is 16.3. The van der Waals surface area contributed by atoms with Crippen LogP contribution >= 0.6 is 11.3 Å². The minimum absolute atomic E-state index is 0.124. The average Bonchev–Trinajstić information content (AvgIpc) is 2.77. The molecule has 1 fully saturated rings. The lowest BCUT2D eigenvalue weighted by Gasteiger charge is -2.18. The minimum atomic E-state index is -0.124. The van der Waals surface area contributed by atoms with Gasteiger partial charge in [-0.1, -0.05) is 36.2 Å². The van der Waals surface area contributed by atoms with Gasteiger partial charge in [0.2, 0.25) is 11.0 Å². The predicted molar refractivity (Wildman–Crippen MR) is 73.8 cm³/mol. The number of rotatable bonds is 3. The van der Waals surface area contributed by atoms with Crippen molar-refractivity contribution < 1.29 is 4.79 Å². The van der Waals surface area contributed by atoms with Crippen LogP contribution in [-0.4, -0.2) is 16.1 Å². The first-order valence-corrected chi connectivity index (χ1v) is 7.26. The number of allylic oxidation sites excluding steroid dienone is 1. The van der Waals surface area contributed by atoms with Gasteiger partial charge in [-0.05, 0) is 26.7 Å². The largest absolute Gasteiger partial charge is 0.297 e. The lowest BCUT2D eigenvalue weighted by Crippen LogP contribution is -2.07. The molecule has 18 heavy (non-hydrogen) atoms. The van der Waals surface area contributed by atoms with Crippen molar-refractivity contribution in [1.29, 1.82) is 0 Å². The average molecular weight is 265 g/mol. The number of aromatic nitrogens is 2. The number of anilines is 1. The van der Waals surface area contributed by atoms with E-state index in [1.165, 1.54) is 43.4 Å². The minimum Gasteiger partial charge on any atom is -0.297 e. The summed E-state index contributed by atoms with van der Waals surface area (Å²) in [5, 5.41) is 12.7. The van der Waals surface area contributed by atoms with Gasteiger partial charge >= 0.3 is 0 Å². The second kappa shape index (κ2) is 6.09. The topological polar surface area (TPSA) is 54.9 Å². The molecule has 0 aliphatic heterocycles. The molecule has 0 spiro atoms. The number of carbonyl (C=O) groups is 1. The van der Waals surface area contributed by atoms with Crippen molar-refractivity contribution in [3.05, 3.63) is 16.7 Å². The summed E-state index contributed by atoms with van der Waals surface area (Å²) >= 11 is 1.51. The number of hydrogen-bond acceptors (Lipinski definition) is 4. The van der Waals surface area contributed by atoms with Gasteiger partial charge in [-0.15, -0.1) is 10.2 Å². The zero-order valence-corrected chi connectivity index (χ0v) is 11.7. The van der Waals surface area contributed by atoms with Crippen molar-refractivity contribution >= 4 is 22.4 Å². The molecule has 1 amide bonds. The molecule has 1 saturated carbocycles. The molecule has 2 rings (SSSR count). The van der Waals surface area contributed by atoms with Crippen LogP contribution in [0.25, 0.3) is 0 Å². The fourth-order valence-corrected chi connectivity index (χ4v) is 3.12. The lowest BCUT2D eigenvalue weighted by atomic mass is 9.90. The van der Waals surface area contributed by atoms with Gasteiger partial charge < -0.3 is 0 Å². The van der Waals surface area contributed by atoms with Crippen LogP contribution in [0, 0.1) is 0 Å². The van der Waals surface area contributed by atoms with E-state index in [-0.39, 0.29) is 5.91 Å². The maximum Gasteiger partial charge on any atom is 0.250 e. The van der Waals surface area contributed by atoms with Crippen LogP contribution in [0.1, 0.15) is 56.9 Å². The van der Waals surface area contributed by atoms with E-state index in [1.807, 2.05) is 13.8 Å². The molecule has 5 heteroatoms. The standard InChI is InChI=1S/C13H19N3OS/c1-9(2)8-11(17)14-13-16-15-12(18-13)10-6-4-3-5-7-10/h8,10H,3-7H2,1-2H3,(H,14,16,17). The molecule has 98 valence electrons. The Morgan fingerprint density at radius 1 is 1.28 bits per heavy atom. The SMILES string of the molecule is CC(C)=CC(=O)Nc1nnc(C2CCCCC2)s1. The first kappa shape index (κ1) is 13.2. The number of nitrogens with zero attached hydrogens (tertiary/aromatic N) is 2. The Morgan fingerprint density at radius 3 is 2.67 bits per heavy atom. The van der Waals surface area contributed by atoms with E-state index in [4.69, 9.17) is 0 Å². The summed E-state index contributed by atoms with van der Waals surface area (Å²) in [6.07, 6.45) is 7.88. The van der Waals surface area contributed by atoms with Crippen molar-refractivity contribution in [3.8, 4) is 0 Å². The Labute approximate surface area is 112 Å². The van der Waals surface area contributed by atoms with Crippen molar-refractivity contribution in [1.82, 2.24) is 10.2 Å². The molecule has 1 aliphatic carbocycles. The number of amides is 1. The van der Waals surface area contributed by atoms with Crippen molar-refractivity contribution in [2.24, 2.45) is 0 Å². The van der Waals surface area contributed by atoms with Gasteiger partial charge in [-0.3, -0.25) is 10.1 Å². The van der Waals surface area contributed by atoms with Gasteiger partial charge in [0.1, 0.15) is 5.01 Å². The van der Waals surface area contributed by atoms with Gasteiger partial charge in [-0.2, -0.15) is 0 Å². The van der Waals surface area contributed by atoms with Crippen LogP contribution < -0.4 is 5.32 Å². The Bertz CT molecular complexity index is 443. The summed E-state index contributed by atoms with van der Waals surface area (Å²) in [5.41, 5.74) is 0.976. The molecule has 4 nitrogen and oxygen atoms in total. The third-order valence-electron chi connectivity index (χ3n) is 3.04. The van der Waals surface area contributed by atoms with E-state index in [0.29, 0.717) is 11.0 Å². The quantitative estimate of drug-likeness (QED) is 0.851. The Hall–Kier alpha value is -1.23. The molecule has 0 aromatic carbocycles. The predicted octanol–water partition coefficient (Wildman–Crippen LogP) is 3.49. The number of nitrogens with one attached hydrogen (secondary N) is 1. The van der Waals surface area contributed by atoms with Crippen molar-refractivity contribution in [2.75, 3.05) is 5.32 Å². The van der Waals surface area contributed by atoms with E-state index in [0.717, 1.165) is 10.6 Å². The van der Waals surface area contributed by atoms with Gasteiger partial charge in [0.15, 0.2) is 0 Å². The van der Waals surface area contributed by atoms with Gasteiger partial charge in [0.05, 0.1) is 0 Å². The molecule has 1 N–H and O–H groups in total. The highest BCUT2D eigenvalue weighted by Gasteiger charge is 2.19. The summed E-state index contributed by atoms with van der Waals surface area (Å²) in [4.78, 5) is 11.6. The van der Waals surface area contributed by atoms with E-state index in [9.17, 15) is 4.79 Å². The van der Waals surface area contributed by atoms with Crippen LogP contribution in [0.5, 0.6) is 0 Å². The van der Waals surface area contributed by atoms with Gasteiger partial charge in [0, 0.05) is 12.0 Å². The molecule has 1 aromatic rings. The molecule has 0 saturated heterocycles. The molecular weight excluding hydrogens is 246 g/mol. The van der Waals surface area contributed by atoms with Gasteiger partial charge in [0.25, 0.3) is 0 Å². The molecule has 0 radical (unpaired) electrons. The third kappa shape index (κ3) is 3.63. The third-order valence-corrected chi connectivity index (χ3v) is 4.05. The second-order valence-electron chi connectivity index (χ2n) is 4.99. The molecule has 1 aromatic heterocycles. The molecule has 1 heterocycles. The van der Waals surface area contributed by atoms with Crippen LogP contribution in [0.3, 0.4) is 0 Å². The summed E-state index contributed by atoms with van der Waals surface area (Å²) in [7, 11) is 0. The van der Waals surface area contributed by atoms with Crippen LogP contribution in [0.15, 0.2) is 11.6 Å². The molecule has 1 aliphatic rings. The number of carbonyl (C=O) groups excluding carboxylic acids is 1. The van der Waals surface area contributed by atoms with Crippen molar-refractivity contribution in [2.45, 2.75) is 51.9 Å². The maximum atomic E-state index is 11.6. The molecule has 0 atom stereocenters. The lowest BCUT2D eigenvalue weighted by molar-refractivity contribution is -0.111. The Balaban J connectivity index is 1.97. The first-order valence-electron chi connectivity index (χ1n) is 6.44. The van der Waals surface area contributed by atoms with Crippen LogP contribution in [0.2, 0.25) is 0 Å². The Kier molecular flexibility index (Phi) is 4.47. The van der Waals surface area contributed by atoms with Crippen molar-refractivity contribution in [3.63, 3.8) is 0 Å². The van der Waals surface area contributed by atoms with E-state index >= 15 is 0 Å². The first-order chi connectivity index (χ1) is 8.65. The smallest absolute Gasteiger partial charge is 0.250 e. The highest BCUT2D eigenvalue weighted by Crippen LogP contribution is 2.35. The molecule has 0 unspecified atom stereocenters. The maximum absolute atomic E-state index is 11.6. The van der Waals surface area contributed by atoms with E-state index in [1.54, 1.807) is 6.08 Å². The van der Waals surface area contributed by atoms with Crippen LogP contribution in [-0.2, 0) is 4.79 Å². The summed E-state index contributed by atoms with van der Waals surface area (Å²) < 4.78 is 0. The number of hydrogen-bond donors (Lipinski definition) is 1. The summed E-state index contributed by atoms with van der Waals surface area (Å²) in [6.45, 7) is 3.79. The Morgan fingerprint density at radius 2 is 2.00 bits per heavy atom. The zero-order valence-electron chi connectivity index (χ0n) is 10.9. The zero-order chi connectivity index (χ0) is 13.0. The van der Waals surface area contributed by atoms with E-state index < -0.39 is 0 Å². The van der Waals surface area contributed by atoms with Gasteiger partial charge in [-0.25, -0.2) is 0 Å². The summed E-state index contributed by atoms with van der Waals surface area (Å²) in [5.74, 6) is 0.423. The fourth-order valence-electron chi connectivity index (χ4n) is 2.20. The highest BCUT2D eigenvalue weighted by atomic mass is 32.1. The fraction of sp³-hybridized carbons (Fsp3) is 0.615. The molecule has 0 bridgehead atoms. The second-order valence-corrected chi connectivity index (χ2v) is 6.00. The molecular formula is C13H19N3OS.